The van der Waals surface area contributed by atoms with Gasteiger partial charge in [-0.05, 0) is 42.9 Å². The third-order valence-electron chi connectivity index (χ3n) is 4.74. The van der Waals surface area contributed by atoms with Crippen molar-refractivity contribution in [3.05, 3.63) is 28.8 Å². The van der Waals surface area contributed by atoms with Crippen LogP contribution in [0.2, 0.25) is 0 Å². The molecule has 0 amide bonds. The molecule has 1 aliphatic carbocycles. The standard InChI is InChI=1S/C17H26N2O/c1-12-9-15(10-13(2)17(12)20)16(11-14-3-4-14)19-7-5-18-6-8-19/h9-10,14,16,18,20H,3-8,11H2,1-2H3/t16-/m1/s1. The maximum atomic E-state index is 9.99. The molecule has 0 aromatic heterocycles. The average molecular weight is 274 g/mol. The molecule has 110 valence electrons. The van der Waals surface area contributed by atoms with E-state index in [9.17, 15) is 5.11 Å². The highest BCUT2D eigenvalue weighted by molar-refractivity contribution is 5.43. The molecule has 3 nitrogen and oxygen atoms in total. The van der Waals surface area contributed by atoms with Crippen molar-refractivity contribution in [1.82, 2.24) is 10.2 Å². The lowest BCUT2D eigenvalue weighted by molar-refractivity contribution is 0.160. The van der Waals surface area contributed by atoms with Crippen molar-refractivity contribution in [1.29, 1.82) is 0 Å². The molecule has 0 radical (unpaired) electrons. The van der Waals surface area contributed by atoms with E-state index in [4.69, 9.17) is 0 Å². The molecule has 1 saturated heterocycles. The fourth-order valence-corrected chi connectivity index (χ4v) is 3.34. The highest BCUT2D eigenvalue weighted by atomic mass is 16.3. The third kappa shape index (κ3) is 2.99. The fraction of sp³-hybridized carbons (Fsp3) is 0.647. The Morgan fingerprint density at radius 1 is 1.20 bits per heavy atom. The van der Waals surface area contributed by atoms with E-state index in [1.165, 1.54) is 24.8 Å². The number of aromatic hydroxyl groups is 1. The minimum Gasteiger partial charge on any atom is -0.507 e. The lowest BCUT2D eigenvalue weighted by Crippen LogP contribution is -2.45. The van der Waals surface area contributed by atoms with Crippen molar-refractivity contribution in [3.8, 4) is 5.75 Å². The molecule has 2 fully saturated rings. The maximum Gasteiger partial charge on any atom is 0.121 e. The van der Waals surface area contributed by atoms with Gasteiger partial charge in [0.1, 0.15) is 5.75 Å². The zero-order valence-corrected chi connectivity index (χ0v) is 12.7. The Balaban J connectivity index is 1.87. The Bertz CT molecular complexity index is 453. The molecule has 1 aliphatic heterocycles. The molecule has 1 aromatic rings. The van der Waals surface area contributed by atoms with Gasteiger partial charge in [-0.1, -0.05) is 25.0 Å². The largest absolute Gasteiger partial charge is 0.507 e. The van der Waals surface area contributed by atoms with Crippen LogP contribution in [0.4, 0.5) is 0 Å². The molecule has 20 heavy (non-hydrogen) atoms. The van der Waals surface area contributed by atoms with Gasteiger partial charge in [0.25, 0.3) is 0 Å². The quantitative estimate of drug-likeness (QED) is 0.886. The van der Waals surface area contributed by atoms with Crippen LogP contribution in [0.25, 0.3) is 0 Å². The van der Waals surface area contributed by atoms with Crippen LogP contribution >= 0.6 is 0 Å². The summed E-state index contributed by atoms with van der Waals surface area (Å²) < 4.78 is 0. The Labute approximate surface area is 122 Å². The van der Waals surface area contributed by atoms with Crippen LogP contribution in [-0.2, 0) is 0 Å². The van der Waals surface area contributed by atoms with E-state index in [0.717, 1.165) is 43.2 Å². The summed E-state index contributed by atoms with van der Waals surface area (Å²) >= 11 is 0. The zero-order chi connectivity index (χ0) is 14.1. The van der Waals surface area contributed by atoms with E-state index >= 15 is 0 Å². The summed E-state index contributed by atoms with van der Waals surface area (Å²) in [6.07, 6.45) is 4.08. The van der Waals surface area contributed by atoms with Gasteiger partial charge in [0.15, 0.2) is 0 Å². The molecule has 3 rings (SSSR count). The van der Waals surface area contributed by atoms with Crippen LogP contribution in [0, 0.1) is 19.8 Å². The third-order valence-corrected chi connectivity index (χ3v) is 4.74. The van der Waals surface area contributed by atoms with Crippen LogP contribution in [0.1, 0.15) is 42.0 Å². The number of nitrogens with zero attached hydrogens (tertiary/aromatic N) is 1. The van der Waals surface area contributed by atoms with Gasteiger partial charge in [0.05, 0.1) is 0 Å². The molecule has 1 saturated carbocycles. The Morgan fingerprint density at radius 2 is 1.80 bits per heavy atom. The van der Waals surface area contributed by atoms with Crippen LogP contribution in [0.15, 0.2) is 12.1 Å². The first-order valence-corrected chi connectivity index (χ1v) is 7.90. The van der Waals surface area contributed by atoms with E-state index < -0.39 is 0 Å². The smallest absolute Gasteiger partial charge is 0.121 e. The van der Waals surface area contributed by atoms with Gasteiger partial charge in [-0.15, -0.1) is 0 Å². The second-order valence-electron chi connectivity index (χ2n) is 6.48. The predicted molar refractivity (Wildman–Crippen MR) is 82.1 cm³/mol. The van der Waals surface area contributed by atoms with E-state index in [-0.39, 0.29) is 0 Å². The van der Waals surface area contributed by atoms with Crippen molar-refractivity contribution >= 4 is 0 Å². The van der Waals surface area contributed by atoms with Crippen LogP contribution < -0.4 is 5.32 Å². The average Bonchev–Trinajstić information content (AvgIpc) is 3.27. The van der Waals surface area contributed by atoms with Crippen molar-refractivity contribution in [2.45, 2.75) is 39.2 Å². The normalized spacial score (nSPS) is 21.9. The van der Waals surface area contributed by atoms with Gasteiger partial charge < -0.3 is 10.4 Å². The molecular weight excluding hydrogens is 248 g/mol. The lowest BCUT2D eigenvalue weighted by Gasteiger charge is -2.36. The molecule has 1 heterocycles. The first kappa shape index (κ1) is 13.9. The number of nitrogens with one attached hydrogen (secondary N) is 1. The molecular formula is C17H26N2O. The molecule has 2 N–H and O–H groups in total. The maximum absolute atomic E-state index is 9.99. The predicted octanol–water partition coefficient (Wildman–Crippen LogP) is 2.76. The van der Waals surface area contributed by atoms with Crippen LogP contribution in [-0.4, -0.2) is 36.2 Å². The molecule has 0 spiro atoms. The van der Waals surface area contributed by atoms with Gasteiger partial charge in [-0.25, -0.2) is 0 Å². The summed E-state index contributed by atoms with van der Waals surface area (Å²) in [6.45, 7) is 8.48. The minimum absolute atomic E-state index is 0.458. The van der Waals surface area contributed by atoms with Crippen molar-refractivity contribution in [3.63, 3.8) is 0 Å². The van der Waals surface area contributed by atoms with Gasteiger partial charge in [-0.2, -0.15) is 0 Å². The second-order valence-corrected chi connectivity index (χ2v) is 6.48. The van der Waals surface area contributed by atoms with E-state index in [2.05, 4.69) is 22.3 Å². The first-order chi connectivity index (χ1) is 9.65. The summed E-state index contributed by atoms with van der Waals surface area (Å²) in [7, 11) is 0. The summed E-state index contributed by atoms with van der Waals surface area (Å²) in [5, 5.41) is 13.4. The molecule has 0 unspecified atom stereocenters. The van der Waals surface area contributed by atoms with Crippen LogP contribution in [0.3, 0.4) is 0 Å². The molecule has 1 atom stereocenters. The van der Waals surface area contributed by atoms with Gasteiger partial charge in [0.2, 0.25) is 0 Å². The highest BCUT2D eigenvalue weighted by Gasteiger charge is 2.30. The number of hydrogen-bond donors (Lipinski definition) is 2. The second kappa shape index (κ2) is 5.74. The van der Waals surface area contributed by atoms with E-state index in [0.29, 0.717) is 11.8 Å². The lowest BCUT2D eigenvalue weighted by atomic mass is 9.95. The van der Waals surface area contributed by atoms with Crippen molar-refractivity contribution < 1.29 is 5.11 Å². The number of phenols is 1. The summed E-state index contributed by atoms with van der Waals surface area (Å²) in [5.41, 5.74) is 3.42. The number of hydrogen-bond acceptors (Lipinski definition) is 3. The topological polar surface area (TPSA) is 35.5 Å². The molecule has 3 heteroatoms. The van der Waals surface area contributed by atoms with Gasteiger partial charge >= 0.3 is 0 Å². The number of benzene rings is 1. The van der Waals surface area contributed by atoms with E-state index in [1.807, 2.05) is 13.8 Å². The minimum atomic E-state index is 0.458. The Hall–Kier alpha value is -1.06. The monoisotopic (exact) mass is 274 g/mol. The Kier molecular flexibility index (Phi) is 3.99. The van der Waals surface area contributed by atoms with Gasteiger partial charge in [-0.3, -0.25) is 4.90 Å². The SMILES string of the molecule is Cc1cc([C@@H](CC2CC2)N2CCNCC2)cc(C)c1O. The van der Waals surface area contributed by atoms with Crippen molar-refractivity contribution in [2.75, 3.05) is 26.2 Å². The highest BCUT2D eigenvalue weighted by Crippen LogP contribution is 2.41. The summed E-state index contributed by atoms with van der Waals surface area (Å²) in [6, 6.07) is 4.91. The van der Waals surface area contributed by atoms with Crippen LogP contribution in [0.5, 0.6) is 5.75 Å². The molecule has 2 aliphatic rings. The fourth-order valence-electron chi connectivity index (χ4n) is 3.34. The summed E-state index contributed by atoms with van der Waals surface area (Å²) in [4.78, 5) is 2.63. The summed E-state index contributed by atoms with van der Waals surface area (Å²) in [5.74, 6) is 1.38. The molecule has 0 bridgehead atoms. The zero-order valence-electron chi connectivity index (χ0n) is 12.7. The first-order valence-electron chi connectivity index (χ1n) is 7.90. The Morgan fingerprint density at radius 3 is 2.35 bits per heavy atom. The van der Waals surface area contributed by atoms with Gasteiger partial charge in [0, 0.05) is 32.2 Å². The number of phenolic OH excluding ortho intramolecular Hbond substituents is 1. The number of aryl methyl sites for hydroxylation is 2. The van der Waals surface area contributed by atoms with Crippen molar-refractivity contribution in [2.24, 2.45) is 5.92 Å². The van der Waals surface area contributed by atoms with E-state index in [1.54, 1.807) is 0 Å². The molecule has 1 aromatic carbocycles. The number of rotatable bonds is 4. The number of piperazine rings is 1.